The first-order valence-corrected chi connectivity index (χ1v) is 18.3. The predicted octanol–water partition coefficient (Wildman–Crippen LogP) is 5.12. The minimum Gasteiger partial charge on any atom is -0.460 e. The number of esters is 1. The van der Waals surface area contributed by atoms with Crippen molar-refractivity contribution in [1.29, 1.82) is 0 Å². The van der Waals surface area contributed by atoms with Crippen LogP contribution in [0.3, 0.4) is 0 Å². The van der Waals surface area contributed by atoms with Gasteiger partial charge in [0, 0.05) is 29.4 Å². The summed E-state index contributed by atoms with van der Waals surface area (Å²) in [5.74, 6) is -2.97. The lowest BCUT2D eigenvalue weighted by molar-refractivity contribution is -0.145. The number of hydrogen-bond donors (Lipinski definition) is 5. The topological polar surface area (TPSA) is 168 Å². The smallest absolute Gasteiger partial charge is 0.407 e. The quantitative estimate of drug-likeness (QED) is 0.0928. The highest BCUT2D eigenvalue weighted by Crippen LogP contribution is 2.44. The molecule has 0 fully saturated rings. The fraction of sp³-hybridized carbons (Fsp3) is 0.279. The number of ether oxygens (including phenoxy) is 2. The molecule has 284 valence electrons. The molecule has 0 unspecified atom stereocenters. The number of para-hydroxylation sites is 1. The van der Waals surface area contributed by atoms with E-state index in [4.69, 9.17) is 9.47 Å². The van der Waals surface area contributed by atoms with E-state index in [9.17, 15) is 24.0 Å². The van der Waals surface area contributed by atoms with Gasteiger partial charge in [0.05, 0.1) is 0 Å². The van der Waals surface area contributed by atoms with Crippen molar-refractivity contribution in [2.45, 2.75) is 57.8 Å². The molecule has 0 saturated carbocycles. The summed E-state index contributed by atoms with van der Waals surface area (Å²) in [6.07, 6.45) is 1.10. The Morgan fingerprint density at radius 2 is 1.33 bits per heavy atom. The second-order valence-corrected chi connectivity index (χ2v) is 13.9. The molecule has 4 amide bonds. The van der Waals surface area contributed by atoms with Crippen LogP contribution in [0, 0.1) is 5.92 Å². The number of hydrogen-bond acceptors (Lipinski definition) is 7. The fourth-order valence-electron chi connectivity index (χ4n) is 6.76. The number of benzene rings is 4. The largest absolute Gasteiger partial charge is 0.460 e. The molecule has 5 aromatic rings. The van der Waals surface area contributed by atoms with Gasteiger partial charge in [0.15, 0.2) is 0 Å². The molecular weight excluding hydrogens is 699 g/mol. The molecule has 6 rings (SSSR count). The first-order chi connectivity index (χ1) is 26.6. The minimum absolute atomic E-state index is 0.0590. The maximum atomic E-state index is 13.8. The molecule has 12 heteroatoms. The standard InChI is InChI=1S/C43H45N5O7/c1-26(2)39(42(52)45-23-38(49)54-24-28-13-5-4-6-14-28)48-40(50)27(3)46-41(51)37(21-29-22-44-36-20-12-11-15-30(29)36)47-43(53)55-25-35-33-18-9-7-16-31(33)32-17-8-10-19-34(32)35/h4-20,22,26-27,35,37,39,44H,21,23-25H2,1-3H3,(H,45,52)(H,46,51)(H,47,53)(H,48,50)/t27-,37-,39-/m0/s1. The molecule has 1 aliphatic rings. The number of alkyl carbamates (subject to hydrolysis) is 1. The van der Waals surface area contributed by atoms with Crippen molar-refractivity contribution < 1.29 is 33.4 Å². The molecule has 1 aliphatic carbocycles. The van der Waals surface area contributed by atoms with Crippen molar-refractivity contribution in [1.82, 2.24) is 26.3 Å². The van der Waals surface area contributed by atoms with Crippen molar-refractivity contribution in [3.8, 4) is 11.1 Å². The van der Waals surface area contributed by atoms with Gasteiger partial charge in [-0.3, -0.25) is 19.2 Å². The Bertz CT molecular complexity index is 2120. The van der Waals surface area contributed by atoms with E-state index in [0.29, 0.717) is 0 Å². The average molecular weight is 744 g/mol. The molecule has 0 radical (unpaired) electrons. The second kappa shape index (κ2) is 17.6. The normalized spacial score (nSPS) is 13.5. The number of aromatic nitrogens is 1. The minimum atomic E-state index is -1.11. The highest BCUT2D eigenvalue weighted by Gasteiger charge is 2.32. The summed E-state index contributed by atoms with van der Waals surface area (Å²) < 4.78 is 11.0. The van der Waals surface area contributed by atoms with Crippen LogP contribution in [0.1, 0.15) is 48.9 Å². The van der Waals surface area contributed by atoms with Crippen molar-refractivity contribution >= 4 is 40.7 Å². The van der Waals surface area contributed by atoms with Crippen molar-refractivity contribution in [2.24, 2.45) is 5.92 Å². The summed E-state index contributed by atoms with van der Waals surface area (Å²) in [7, 11) is 0. The first kappa shape index (κ1) is 38.3. The van der Waals surface area contributed by atoms with E-state index in [1.807, 2.05) is 103 Å². The van der Waals surface area contributed by atoms with Gasteiger partial charge in [-0.2, -0.15) is 0 Å². The average Bonchev–Trinajstić information content (AvgIpc) is 3.75. The van der Waals surface area contributed by atoms with Gasteiger partial charge in [0.25, 0.3) is 0 Å². The van der Waals surface area contributed by atoms with Crippen molar-refractivity contribution in [2.75, 3.05) is 13.2 Å². The third-order valence-electron chi connectivity index (χ3n) is 9.70. The van der Waals surface area contributed by atoms with Crippen LogP contribution in [0.4, 0.5) is 4.79 Å². The predicted molar refractivity (Wildman–Crippen MR) is 208 cm³/mol. The maximum Gasteiger partial charge on any atom is 0.407 e. The molecule has 5 N–H and O–H groups in total. The number of rotatable bonds is 15. The fourth-order valence-corrected chi connectivity index (χ4v) is 6.76. The zero-order chi connectivity index (χ0) is 38.9. The van der Waals surface area contributed by atoms with Crippen LogP contribution in [0.15, 0.2) is 109 Å². The van der Waals surface area contributed by atoms with E-state index in [1.54, 1.807) is 20.0 Å². The van der Waals surface area contributed by atoms with Crippen LogP contribution in [-0.2, 0) is 41.7 Å². The molecule has 55 heavy (non-hydrogen) atoms. The van der Waals surface area contributed by atoms with Gasteiger partial charge in [-0.15, -0.1) is 0 Å². The number of carbonyl (C=O) groups excluding carboxylic acids is 5. The van der Waals surface area contributed by atoms with E-state index in [0.717, 1.165) is 44.3 Å². The highest BCUT2D eigenvalue weighted by atomic mass is 16.5. The van der Waals surface area contributed by atoms with E-state index in [-0.39, 0.29) is 38.0 Å². The van der Waals surface area contributed by atoms with Gasteiger partial charge in [-0.25, -0.2) is 4.79 Å². The van der Waals surface area contributed by atoms with Gasteiger partial charge in [0.2, 0.25) is 17.7 Å². The summed E-state index contributed by atoms with van der Waals surface area (Å²) in [5.41, 5.74) is 6.76. The van der Waals surface area contributed by atoms with Gasteiger partial charge < -0.3 is 35.7 Å². The van der Waals surface area contributed by atoms with Crippen LogP contribution in [0.25, 0.3) is 22.0 Å². The molecule has 3 atom stereocenters. The van der Waals surface area contributed by atoms with Crippen LogP contribution >= 0.6 is 0 Å². The Hall–Kier alpha value is -6.43. The van der Waals surface area contributed by atoms with E-state index < -0.39 is 47.9 Å². The van der Waals surface area contributed by atoms with Gasteiger partial charge in [-0.05, 0) is 52.3 Å². The van der Waals surface area contributed by atoms with E-state index >= 15 is 0 Å². The summed E-state index contributed by atoms with van der Waals surface area (Å²) in [6, 6.07) is 29.5. The molecule has 4 aromatic carbocycles. The summed E-state index contributed by atoms with van der Waals surface area (Å²) in [4.78, 5) is 69.1. The van der Waals surface area contributed by atoms with Crippen LogP contribution in [0.5, 0.6) is 0 Å². The van der Waals surface area contributed by atoms with Crippen LogP contribution in [0.2, 0.25) is 0 Å². The van der Waals surface area contributed by atoms with Crippen LogP contribution in [-0.4, -0.2) is 66.0 Å². The molecule has 1 aromatic heterocycles. The molecule has 0 bridgehead atoms. The summed E-state index contributed by atoms with van der Waals surface area (Å²) in [6.45, 7) is 4.72. The second-order valence-electron chi connectivity index (χ2n) is 13.9. The lowest BCUT2D eigenvalue weighted by Crippen LogP contribution is -2.57. The lowest BCUT2D eigenvalue weighted by Gasteiger charge is -2.25. The van der Waals surface area contributed by atoms with E-state index in [1.165, 1.54) is 6.92 Å². The SMILES string of the molecule is CC(C)[C@H](NC(=O)[C@H](C)NC(=O)[C@H](Cc1c[nH]c2ccccc12)NC(=O)OCC1c2ccccc2-c2ccccc21)C(=O)NCC(=O)OCc1ccccc1. The van der Waals surface area contributed by atoms with Crippen LogP contribution < -0.4 is 21.3 Å². The zero-order valence-electron chi connectivity index (χ0n) is 31.0. The first-order valence-electron chi connectivity index (χ1n) is 18.3. The third-order valence-corrected chi connectivity index (χ3v) is 9.70. The maximum absolute atomic E-state index is 13.8. The molecule has 0 saturated heterocycles. The monoisotopic (exact) mass is 743 g/mol. The summed E-state index contributed by atoms with van der Waals surface area (Å²) in [5, 5.41) is 11.5. The Morgan fingerprint density at radius 1 is 0.691 bits per heavy atom. The number of H-pyrrole nitrogens is 1. The van der Waals surface area contributed by atoms with Crippen molar-refractivity contribution in [3.05, 3.63) is 132 Å². The third kappa shape index (κ3) is 9.39. The Labute approximate surface area is 319 Å². The van der Waals surface area contributed by atoms with Crippen molar-refractivity contribution in [3.63, 3.8) is 0 Å². The molecule has 0 aliphatic heterocycles. The molecule has 0 spiro atoms. The van der Waals surface area contributed by atoms with Gasteiger partial charge in [0.1, 0.15) is 37.9 Å². The number of nitrogens with one attached hydrogen (secondary N) is 5. The Kier molecular flexibility index (Phi) is 12.3. The molecule has 1 heterocycles. The number of aromatic amines is 1. The Balaban J connectivity index is 1.08. The highest BCUT2D eigenvalue weighted by molar-refractivity contribution is 5.95. The number of amides is 4. The van der Waals surface area contributed by atoms with Gasteiger partial charge >= 0.3 is 12.1 Å². The number of fused-ring (bicyclic) bond motifs is 4. The summed E-state index contributed by atoms with van der Waals surface area (Å²) >= 11 is 0. The Morgan fingerprint density at radius 3 is 2.02 bits per heavy atom. The van der Waals surface area contributed by atoms with E-state index in [2.05, 4.69) is 26.3 Å². The van der Waals surface area contributed by atoms with Gasteiger partial charge in [-0.1, -0.05) is 111 Å². The molecular formula is C43H45N5O7. The number of carbonyl (C=O) groups is 5. The molecule has 12 nitrogen and oxygen atoms in total. The lowest BCUT2D eigenvalue weighted by atomic mass is 9.98. The zero-order valence-corrected chi connectivity index (χ0v) is 31.0.